The molecule has 0 N–H and O–H groups in total. The summed E-state index contributed by atoms with van der Waals surface area (Å²) in [6.45, 7) is 20.2. The molecule has 0 fully saturated rings. The molecule has 0 saturated carbocycles. The Balaban J connectivity index is 0.000000212. The van der Waals surface area contributed by atoms with Gasteiger partial charge in [0, 0.05) is 5.41 Å². The van der Waals surface area contributed by atoms with E-state index in [0.717, 1.165) is 12.8 Å². The monoisotopic (exact) mass is 710 g/mol. The molecule has 4 aromatic carbocycles. The number of hydrogen-bond acceptors (Lipinski definition) is 0. The van der Waals surface area contributed by atoms with Crippen molar-refractivity contribution in [2.24, 2.45) is 0 Å². The molecular weight excluding hydrogens is 667 g/mol. The number of aryl methyl sites for hydroxylation is 1. The van der Waals surface area contributed by atoms with Gasteiger partial charge in [-0.15, -0.1) is 11.6 Å². The third-order valence-electron chi connectivity index (χ3n) is 9.16. The first kappa shape index (κ1) is 37.3. The first-order valence-electron chi connectivity index (χ1n) is 15.7. The molecule has 234 valence electrons. The summed E-state index contributed by atoms with van der Waals surface area (Å²) in [5.74, 6) is 0. The van der Waals surface area contributed by atoms with Crippen molar-refractivity contribution in [1.29, 1.82) is 0 Å². The molecule has 0 bridgehead atoms. The predicted molar refractivity (Wildman–Crippen MR) is 184 cm³/mol. The van der Waals surface area contributed by atoms with Gasteiger partial charge in [-0.25, -0.2) is 12.1 Å². The molecule has 0 amide bonds. The van der Waals surface area contributed by atoms with Crippen molar-refractivity contribution in [2.75, 3.05) is 0 Å². The molecule has 0 heterocycles. The molecule has 3 aliphatic rings. The number of rotatable bonds is 2. The second-order valence-corrected chi connectivity index (χ2v) is 16.3. The van der Waals surface area contributed by atoms with Crippen LogP contribution in [-0.4, -0.2) is 3.21 Å². The average molecular weight is 713 g/mol. The zero-order valence-corrected chi connectivity index (χ0v) is 32.3. The van der Waals surface area contributed by atoms with Gasteiger partial charge in [-0.3, -0.25) is 6.08 Å². The molecule has 0 radical (unpaired) electrons. The van der Waals surface area contributed by atoms with Crippen molar-refractivity contribution in [3.05, 3.63) is 135 Å². The smallest absolute Gasteiger partial charge is 1.00 e. The van der Waals surface area contributed by atoms with Crippen LogP contribution in [0.2, 0.25) is 0 Å². The molecule has 0 spiro atoms. The van der Waals surface area contributed by atoms with Crippen molar-refractivity contribution >= 4 is 15.4 Å². The topological polar surface area (TPSA) is 0 Å². The van der Waals surface area contributed by atoms with Crippen LogP contribution < -0.4 is 24.8 Å². The Hall–Kier alpha value is -2.18. The van der Waals surface area contributed by atoms with Crippen LogP contribution in [0.5, 0.6) is 0 Å². The van der Waals surface area contributed by atoms with Crippen LogP contribution >= 0.6 is 0 Å². The van der Waals surface area contributed by atoms with E-state index in [-0.39, 0.29) is 35.6 Å². The summed E-state index contributed by atoms with van der Waals surface area (Å²) < 4.78 is 1.46. The van der Waals surface area contributed by atoms with Gasteiger partial charge in [-0.1, -0.05) is 96.9 Å². The third-order valence-corrected chi connectivity index (χ3v) is 9.87. The van der Waals surface area contributed by atoms with E-state index >= 15 is 0 Å². The van der Waals surface area contributed by atoms with Crippen molar-refractivity contribution in [1.82, 2.24) is 0 Å². The van der Waals surface area contributed by atoms with E-state index in [4.69, 9.17) is 0 Å². The first-order chi connectivity index (χ1) is 20.2. The number of allylic oxidation sites excluding steroid dienone is 2. The largest absolute Gasteiger partial charge is 1.00 e. The van der Waals surface area contributed by atoms with Gasteiger partial charge in [-0.05, 0) is 45.9 Å². The normalized spacial score (nSPS) is 15.2. The summed E-state index contributed by atoms with van der Waals surface area (Å²) in [5, 5.41) is 0. The Morgan fingerprint density at radius 2 is 1.47 bits per heavy atom. The summed E-state index contributed by atoms with van der Waals surface area (Å²) in [5.41, 5.74) is 16.3. The maximum Gasteiger partial charge on any atom is -1.00 e. The first-order valence-corrected chi connectivity index (χ1v) is 16.9. The van der Waals surface area contributed by atoms with Crippen LogP contribution in [0.25, 0.3) is 23.3 Å². The molecular formula is C42H46Cl2Zr-2. The van der Waals surface area contributed by atoms with E-state index < -0.39 is 0 Å². The minimum absolute atomic E-state index is 0. The van der Waals surface area contributed by atoms with Gasteiger partial charge in [0.25, 0.3) is 0 Å². The zero-order chi connectivity index (χ0) is 31.2. The Kier molecular flexibility index (Phi) is 11.8. The molecule has 0 aromatic heterocycles. The Labute approximate surface area is 300 Å². The molecule has 0 atom stereocenters. The number of halogens is 2. The van der Waals surface area contributed by atoms with Gasteiger partial charge in [0.2, 0.25) is 0 Å². The van der Waals surface area contributed by atoms with Gasteiger partial charge in [0.1, 0.15) is 0 Å². The maximum absolute atomic E-state index is 3.50. The van der Waals surface area contributed by atoms with Gasteiger partial charge in [-0.2, -0.15) is 28.8 Å². The SMILES string of the molecule is CC1(C)[C-]=Cc2cc3c(cc21)Cc1cc2c(cc1-3)C=CC2(C)C.CCc1cc(C(C)(C)C)c[cH-]1.C[C](=[Zr+2])c1ccccc1.[Cl-].[Cl-]. The van der Waals surface area contributed by atoms with Gasteiger partial charge >= 0.3 is 70.3 Å². The minimum atomic E-state index is 0. The van der Waals surface area contributed by atoms with Crippen LogP contribution in [0.1, 0.15) is 112 Å². The summed E-state index contributed by atoms with van der Waals surface area (Å²) in [4.78, 5) is 0. The minimum Gasteiger partial charge on any atom is -1.00 e. The molecule has 0 nitrogen and oxygen atoms in total. The van der Waals surface area contributed by atoms with E-state index in [0.29, 0.717) is 5.41 Å². The summed E-state index contributed by atoms with van der Waals surface area (Å²) >= 11 is 1.51. The van der Waals surface area contributed by atoms with Crippen LogP contribution in [0.3, 0.4) is 0 Å². The second kappa shape index (κ2) is 14.3. The van der Waals surface area contributed by atoms with E-state index in [2.05, 4.69) is 153 Å². The number of hydrogen-bond donors (Lipinski definition) is 0. The van der Waals surface area contributed by atoms with Gasteiger partial charge in [0.15, 0.2) is 0 Å². The van der Waals surface area contributed by atoms with Crippen molar-refractivity contribution in [2.45, 2.75) is 91.4 Å². The molecule has 4 aromatic rings. The number of benzene rings is 3. The molecule has 3 aliphatic carbocycles. The Bertz CT molecular complexity index is 1640. The van der Waals surface area contributed by atoms with Gasteiger partial charge < -0.3 is 24.8 Å². The van der Waals surface area contributed by atoms with Crippen LogP contribution in [-0.2, 0) is 53.3 Å². The van der Waals surface area contributed by atoms with E-state index in [1.165, 1.54) is 88.6 Å². The Morgan fingerprint density at radius 1 is 0.867 bits per heavy atom. The van der Waals surface area contributed by atoms with E-state index in [1.807, 2.05) is 6.07 Å². The predicted octanol–water partition coefficient (Wildman–Crippen LogP) is 4.72. The summed E-state index contributed by atoms with van der Waals surface area (Å²) in [6, 6.07) is 26.9. The van der Waals surface area contributed by atoms with Crippen LogP contribution in [0.15, 0.2) is 78.9 Å². The van der Waals surface area contributed by atoms with Crippen LogP contribution in [0.4, 0.5) is 0 Å². The Morgan fingerprint density at radius 3 is 1.98 bits per heavy atom. The molecule has 0 aliphatic heterocycles. The molecule has 45 heavy (non-hydrogen) atoms. The fourth-order valence-corrected chi connectivity index (χ4v) is 6.68. The van der Waals surface area contributed by atoms with Crippen LogP contribution in [0, 0.1) is 6.08 Å². The second-order valence-electron chi connectivity index (χ2n) is 14.4. The standard InChI is InChI=1S/C23H21.C11H17.C8H8.2ClH.Zr/c1-22(2)7-5-14-10-18-16(12-20(14)22)9-17-13-21-15(11-19(17)18)6-8-23(21,3)4;1-5-9-6-7-10(8-9)11(2,3)4;1-2-8-6-4-3-5-7-8;;;/h5-7,10-13H,9H2,1-4H3;6-8H,5H2,1-4H3;3-7H,1H3;2*1H;/q2*-1;;;;+2/p-2. The van der Waals surface area contributed by atoms with Crippen molar-refractivity contribution in [3.63, 3.8) is 0 Å². The van der Waals surface area contributed by atoms with Gasteiger partial charge in [0.05, 0.1) is 0 Å². The summed E-state index contributed by atoms with van der Waals surface area (Å²) in [6.07, 6.45) is 12.5. The summed E-state index contributed by atoms with van der Waals surface area (Å²) in [7, 11) is 0. The zero-order valence-electron chi connectivity index (χ0n) is 28.3. The number of fused-ring (bicyclic) bond motifs is 5. The molecule has 0 saturated heterocycles. The van der Waals surface area contributed by atoms with Crippen molar-refractivity contribution in [3.8, 4) is 11.1 Å². The molecule has 0 unspecified atom stereocenters. The van der Waals surface area contributed by atoms with Crippen molar-refractivity contribution < 1.29 is 49.0 Å². The van der Waals surface area contributed by atoms with E-state index in [1.54, 1.807) is 0 Å². The average Bonchev–Trinajstić information content (AvgIpc) is 3.72. The molecule has 7 rings (SSSR count). The third kappa shape index (κ3) is 8.04. The fraction of sp³-hybridized carbons (Fsp3) is 0.333. The van der Waals surface area contributed by atoms with E-state index in [9.17, 15) is 0 Å². The maximum atomic E-state index is 3.50. The quantitative estimate of drug-likeness (QED) is 0.233. The fourth-order valence-electron chi connectivity index (χ4n) is 6.27. The molecule has 3 heteroatoms.